The van der Waals surface area contributed by atoms with E-state index in [0.29, 0.717) is 6.17 Å². The number of nitriles is 1. The molecule has 0 aromatic heterocycles. The molecule has 0 radical (unpaired) electrons. The molecule has 1 aromatic carbocycles. The molecule has 0 amide bonds. The van der Waals surface area contributed by atoms with Crippen molar-refractivity contribution in [1.29, 1.82) is 5.26 Å². The van der Waals surface area contributed by atoms with E-state index in [-0.39, 0.29) is 0 Å². The van der Waals surface area contributed by atoms with Gasteiger partial charge in [0.25, 0.3) is 0 Å². The maximum Gasteiger partial charge on any atom is 0.134 e. The SMILES string of the molecule is CCN1C2=CN2C1c1ccc(C#N)cc1. The molecule has 2 aliphatic rings. The number of fused-ring (bicyclic) bond motifs is 1. The summed E-state index contributed by atoms with van der Waals surface area (Å²) in [5.74, 6) is 1.34. The highest BCUT2D eigenvalue weighted by molar-refractivity contribution is 5.39. The van der Waals surface area contributed by atoms with Gasteiger partial charge in [0.15, 0.2) is 0 Å². The third kappa shape index (κ3) is 1.05. The van der Waals surface area contributed by atoms with Crippen LogP contribution in [0.15, 0.2) is 36.3 Å². The van der Waals surface area contributed by atoms with Gasteiger partial charge in [-0.1, -0.05) is 12.1 Å². The van der Waals surface area contributed by atoms with Gasteiger partial charge in [-0.15, -0.1) is 0 Å². The topological polar surface area (TPSA) is 30.0 Å². The number of benzene rings is 1. The molecule has 0 N–H and O–H groups in total. The van der Waals surface area contributed by atoms with Gasteiger partial charge in [0.2, 0.25) is 0 Å². The third-order valence-corrected chi connectivity index (χ3v) is 2.98. The van der Waals surface area contributed by atoms with Crippen LogP contribution in [0.2, 0.25) is 0 Å². The molecule has 0 aliphatic carbocycles. The van der Waals surface area contributed by atoms with E-state index >= 15 is 0 Å². The van der Waals surface area contributed by atoms with E-state index in [9.17, 15) is 0 Å². The minimum absolute atomic E-state index is 0.373. The van der Waals surface area contributed by atoms with Crippen LogP contribution < -0.4 is 0 Å². The van der Waals surface area contributed by atoms with Crippen LogP contribution in [0.4, 0.5) is 0 Å². The van der Waals surface area contributed by atoms with Crippen molar-refractivity contribution in [2.75, 3.05) is 6.54 Å². The fourth-order valence-electron chi connectivity index (χ4n) is 2.14. The lowest BCUT2D eigenvalue weighted by molar-refractivity contribution is 0.0629. The molecule has 0 saturated carbocycles. The fourth-order valence-corrected chi connectivity index (χ4v) is 2.14. The molecule has 1 aromatic rings. The Kier molecular flexibility index (Phi) is 1.54. The van der Waals surface area contributed by atoms with E-state index < -0.39 is 0 Å². The first-order valence-corrected chi connectivity index (χ1v) is 5.12. The second-order valence-corrected chi connectivity index (χ2v) is 3.79. The van der Waals surface area contributed by atoms with Crippen LogP contribution in [0.1, 0.15) is 24.2 Å². The van der Waals surface area contributed by atoms with Gasteiger partial charge in [0.1, 0.15) is 12.0 Å². The standard InChI is InChI=1S/C12H11N3/c1-2-14-11-8-15(11)12(14)10-5-3-9(7-13)4-6-10/h3-6,8,12H,2H2,1H3. The summed E-state index contributed by atoms with van der Waals surface area (Å²) in [4.78, 5) is 4.60. The molecule has 15 heavy (non-hydrogen) atoms. The molecular weight excluding hydrogens is 186 g/mol. The fraction of sp³-hybridized carbons (Fsp3) is 0.250. The van der Waals surface area contributed by atoms with Crippen LogP contribution in [0, 0.1) is 11.3 Å². The Bertz CT molecular complexity index is 467. The average Bonchev–Trinajstić information content (AvgIpc) is 2.95. The summed E-state index contributed by atoms with van der Waals surface area (Å²) in [5.41, 5.74) is 1.98. The Labute approximate surface area is 88.8 Å². The molecule has 1 unspecified atom stereocenters. The first-order valence-electron chi connectivity index (χ1n) is 5.12. The highest BCUT2D eigenvalue weighted by Crippen LogP contribution is 2.50. The van der Waals surface area contributed by atoms with Crippen molar-refractivity contribution < 1.29 is 0 Å². The molecular formula is C12H11N3. The lowest BCUT2D eigenvalue weighted by Gasteiger charge is -2.42. The van der Waals surface area contributed by atoms with Crippen molar-refractivity contribution in [2.45, 2.75) is 13.1 Å². The zero-order valence-corrected chi connectivity index (χ0v) is 8.51. The van der Waals surface area contributed by atoms with Crippen LogP contribution in [0.25, 0.3) is 0 Å². The van der Waals surface area contributed by atoms with E-state index in [2.05, 4.69) is 29.0 Å². The van der Waals surface area contributed by atoms with Crippen molar-refractivity contribution in [2.24, 2.45) is 0 Å². The minimum Gasteiger partial charge on any atom is -0.332 e. The minimum atomic E-state index is 0.373. The zero-order chi connectivity index (χ0) is 10.4. The molecule has 1 fully saturated rings. The largest absolute Gasteiger partial charge is 0.332 e. The Balaban J connectivity index is 1.85. The van der Waals surface area contributed by atoms with Crippen molar-refractivity contribution >= 4 is 0 Å². The van der Waals surface area contributed by atoms with E-state index in [1.165, 1.54) is 11.4 Å². The van der Waals surface area contributed by atoms with Crippen LogP contribution in [0.5, 0.6) is 0 Å². The number of rotatable bonds is 2. The predicted octanol–water partition coefficient (Wildman–Crippen LogP) is 2.01. The maximum absolute atomic E-state index is 8.72. The van der Waals surface area contributed by atoms with Gasteiger partial charge < -0.3 is 9.80 Å². The van der Waals surface area contributed by atoms with Gasteiger partial charge in [-0.25, -0.2) is 0 Å². The second kappa shape index (κ2) is 2.77. The molecule has 1 saturated heterocycles. The smallest absolute Gasteiger partial charge is 0.134 e. The Hall–Kier alpha value is -1.95. The van der Waals surface area contributed by atoms with Crippen molar-refractivity contribution in [3.05, 3.63) is 47.4 Å². The number of hydrogen-bond donors (Lipinski definition) is 0. The van der Waals surface area contributed by atoms with Gasteiger partial charge in [-0.05, 0) is 24.6 Å². The van der Waals surface area contributed by atoms with E-state index in [0.717, 1.165) is 12.1 Å². The molecule has 74 valence electrons. The lowest BCUT2D eigenvalue weighted by atomic mass is 10.1. The molecule has 0 bridgehead atoms. The normalized spacial score (nSPS) is 21.3. The summed E-state index contributed by atoms with van der Waals surface area (Å²) >= 11 is 0. The van der Waals surface area contributed by atoms with Crippen molar-refractivity contribution in [3.63, 3.8) is 0 Å². The van der Waals surface area contributed by atoms with Crippen molar-refractivity contribution in [1.82, 2.24) is 9.80 Å². The third-order valence-electron chi connectivity index (χ3n) is 2.98. The summed E-state index contributed by atoms with van der Waals surface area (Å²) < 4.78 is 0. The zero-order valence-electron chi connectivity index (χ0n) is 8.51. The molecule has 3 rings (SSSR count). The van der Waals surface area contributed by atoms with Crippen LogP contribution in [-0.4, -0.2) is 16.3 Å². The maximum atomic E-state index is 8.72. The van der Waals surface area contributed by atoms with Gasteiger partial charge in [0.05, 0.1) is 11.6 Å². The average molecular weight is 197 g/mol. The molecule has 3 heteroatoms. The number of nitrogens with zero attached hydrogens (tertiary/aromatic N) is 3. The van der Waals surface area contributed by atoms with E-state index in [1.54, 1.807) is 0 Å². The van der Waals surface area contributed by atoms with Crippen LogP contribution in [-0.2, 0) is 0 Å². The van der Waals surface area contributed by atoms with Crippen molar-refractivity contribution in [3.8, 4) is 6.07 Å². The molecule has 2 heterocycles. The first-order chi connectivity index (χ1) is 7.35. The first kappa shape index (κ1) is 8.37. The number of hydrogen-bond acceptors (Lipinski definition) is 3. The Morgan fingerprint density at radius 2 is 2.07 bits per heavy atom. The molecule has 2 aliphatic heterocycles. The van der Waals surface area contributed by atoms with E-state index in [4.69, 9.17) is 5.26 Å². The van der Waals surface area contributed by atoms with Gasteiger partial charge in [-0.3, -0.25) is 0 Å². The molecule has 1 atom stereocenters. The van der Waals surface area contributed by atoms with Gasteiger partial charge in [-0.2, -0.15) is 5.26 Å². The summed E-state index contributed by atoms with van der Waals surface area (Å²) in [6, 6.07) is 9.97. The van der Waals surface area contributed by atoms with Gasteiger partial charge >= 0.3 is 0 Å². The second-order valence-electron chi connectivity index (χ2n) is 3.79. The molecule has 0 spiro atoms. The molecule has 3 nitrogen and oxygen atoms in total. The highest BCUT2D eigenvalue weighted by atomic mass is 15.6. The summed E-state index contributed by atoms with van der Waals surface area (Å²) in [6.07, 6.45) is 2.53. The van der Waals surface area contributed by atoms with Gasteiger partial charge in [0, 0.05) is 12.7 Å². The Morgan fingerprint density at radius 1 is 1.33 bits per heavy atom. The quantitative estimate of drug-likeness (QED) is 0.726. The summed E-state index contributed by atoms with van der Waals surface area (Å²) in [6.45, 7) is 3.19. The van der Waals surface area contributed by atoms with E-state index in [1.807, 2.05) is 24.3 Å². The highest BCUT2D eigenvalue weighted by Gasteiger charge is 2.48. The van der Waals surface area contributed by atoms with Crippen LogP contribution in [0.3, 0.4) is 0 Å². The summed E-state index contributed by atoms with van der Waals surface area (Å²) in [7, 11) is 0. The monoisotopic (exact) mass is 197 g/mol. The summed E-state index contributed by atoms with van der Waals surface area (Å²) in [5, 5.41) is 8.72. The Morgan fingerprint density at radius 3 is 2.67 bits per heavy atom. The van der Waals surface area contributed by atoms with Crippen LogP contribution >= 0.6 is 0 Å². The lowest BCUT2D eigenvalue weighted by Crippen LogP contribution is -2.42. The predicted molar refractivity (Wildman–Crippen MR) is 56.2 cm³/mol.